The van der Waals surface area contributed by atoms with Gasteiger partial charge in [-0.15, -0.1) is 0 Å². The Morgan fingerprint density at radius 2 is 1.73 bits per heavy atom. The first-order valence-electron chi connectivity index (χ1n) is 11.4. The monoisotopic (exact) mass is 540 g/mol. The maximum atomic E-state index is 12.4. The first kappa shape index (κ1) is 27.4. The number of carboxylic acid groups (broad SMARTS) is 1. The number of rotatable bonds is 7. The molecule has 9 heteroatoms. The number of aliphatic carboxylic acids is 1. The van der Waals surface area contributed by atoms with Crippen LogP contribution in [0.1, 0.15) is 29.7 Å². The van der Waals surface area contributed by atoms with Crippen molar-refractivity contribution in [2.75, 3.05) is 5.32 Å². The number of anilines is 1. The maximum absolute atomic E-state index is 12.4. The van der Waals surface area contributed by atoms with Gasteiger partial charge in [-0.05, 0) is 59.6 Å². The number of aromatic nitrogens is 1. The molecule has 0 atom stereocenters. The van der Waals surface area contributed by atoms with E-state index in [9.17, 15) is 14.7 Å². The van der Waals surface area contributed by atoms with E-state index in [-0.39, 0.29) is 36.2 Å². The molecule has 0 unspecified atom stereocenters. The zero-order valence-corrected chi connectivity index (χ0v) is 24.0. The molecule has 1 heterocycles. The molecule has 0 spiro atoms. The molecule has 1 amide bonds. The predicted octanol–water partition coefficient (Wildman–Crippen LogP) is 2.97. The van der Waals surface area contributed by atoms with Crippen LogP contribution in [0.25, 0.3) is 21.6 Å². The molecule has 0 bridgehead atoms. The van der Waals surface area contributed by atoms with Crippen molar-refractivity contribution in [3.8, 4) is 21.6 Å². The molecule has 1 saturated carbocycles. The van der Waals surface area contributed by atoms with Gasteiger partial charge >= 0.3 is 35.7 Å². The first-order valence-corrected chi connectivity index (χ1v) is 12.6. The quantitative estimate of drug-likeness (QED) is 0.364. The molecule has 37 heavy (non-hydrogen) atoms. The van der Waals surface area contributed by atoms with Crippen LogP contribution in [0.2, 0.25) is 5.02 Å². The Balaban J connectivity index is 0.00000320. The van der Waals surface area contributed by atoms with Crippen molar-refractivity contribution in [2.24, 2.45) is 0 Å². The third kappa shape index (κ3) is 5.76. The Labute approximate surface area is 246 Å². The zero-order valence-electron chi connectivity index (χ0n) is 20.4. The average Bonchev–Trinajstić information content (AvgIpc) is 3.63. The summed E-state index contributed by atoms with van der Waals surface area (Å²) in [6, 6.07) is 22.6. The molecule has 1 aromatic heterocycles. The van der Waals surface area contributed by atoms with Crippen molar-refractivity contribution in [1.29, 1.82) is 0 Å². The van der Waals surface area contributed by atoms with Crippen LogP contribution in [-0.4, -0.2) is 16.4 Å². The number of benzene rings is 3. The van der Waals surface area contributed by atoms with Gasteiger partial charge in [-0.2, -0.15) is 4.37 Å². The summed E-state index contributed by atoms with van der Waals surface area (Å²) >= 11 is 7.93. The van der Waals surface area contributed by atoms with E-state index in [4.69, 9.17) is 16.3 Å². The number of nitrogens with zero attached hydrogens (tertiary/aromatic N) is 1. The summed E-state index contributed by atoms with van der Waals surface area (Å²) in [6.07, 6.45) is 0.652. The van der Waals surface area contributed by atoms with Crippen molar-refractivity contribution >= 4 is 40.9 Å². The average molecular weight is 541 g/mol. The molecular formula is C28H22ClN2NaO4S. The van der Waals surface area contributed by atoms with Crippen LogP contribution in [0.15, 0.2) is 72.8 Å². The molecule has 0 saturated heterocycles. The Morgan fingerprint density at radius 1 is 1.05 bits per heavy atom. The van der Waals surface area contributed by atoms with Gasteiger partial charge in [0.05, 0.1) is 22.2 Å². The number of halogens is 1. The van der Waals surface area contributed by atoms with Crippen molar-refractivity contribution in [3.05, 3.63) is 94.6 Å². The Bertz CT molecular complexity index is 1440. The van der Waals surface area contributed by atoms with Gasteiger partial charge in [0, 0.05) is 16.0 Å². The summed E-state index contributed by atoms with van der Waals surface area (Å²) in [6.45, 7) is 1.99. The van der Waals surface area contributed by atoms with Gasteiger partial charge in [0.2, 0.25) is 0 Å². The second-order valence-corrected chi connectivity index (χ2v) is 9.98. The van der Waals surface area contributed by atoms with E-state index in [0.29, 0.717) is 29.2 Å². The molecule has 1 aliphatic carbocycles. The molecule has 1 fully saturated rings. The van der Waals surface area contributed by atoms with Gasteiger partial charge in [-0.25, -0.2) is 4.79 Å². The fourth-order valence-electron chi connectivity index (χ4n) is 4.17. The molecule has 5 rings (SSSR count). The summed E-state index contributed by atoms with van der Waals surface area (Å²) in [5.41, 5.74) is 4.60. The normalized spacial score (nSPS) is 13.4. The fourth-order valence-corrected chi connectivity index (χ4v) is 5.30. The van der Waals surface area contributed by atoms with Crippen LogP contribution in [0.5, 0.6) is 0 Å². The molecule has 1 N–H and O–H groups in total. The van der Waals surface area contributed by atoms with Gasteiger partial charge in [-0.3, -0.25) is 5.32 Å². The zero-order chi connectivity index (χ0) is 25.3. The molecular weight excluding hydrogens is 519 g/mol. The number of carbonyl (C=O) groups excluding carboxylic acids is 2. The molecule has 6 nitrogen and oxygen atoms in total. The van der Waals surface area contributed by atoms with Crippen LogP contribution in [0.3, 0.4) is 0 Å². The molecule has 182 valence electrons. The van der Waals surface area contributed by atoms with Crippen LogP contribution in [0, 0.1) is 6.92 Å². The molecule has 1 aliphatic rings. The number of ether oxygens (including phenoxy) is 1. The van der Waals surface area contributed by atoms with Gasteiger partial charge in [0.15, 0.2) is 0 Å². The summed E-state index contributed by atoms with van der Waals surface area (Å²) in [7, 11) is 0. The topological polar surface area (TPSA) is 91.4 Å². The van der Waals surface area contributed by atoms with Crippen molar-refractivity contribution in [2.45, 2.75) is 31.8 Å². The van der Waals surface area contributed by atoms with Gasteiger partial charge < -0.3 is 14.6 Å². The Hall–Kier alpha value is -2.68. The van der Waals surface area contributed by atoms with Crippen molar-refractivity contribution in [1.82, 2.24) is 4.37 Å². The first-order chi connectivity index (χ1) is 17.4. The summed E-state index contributed by atoms with van der Waals surface area (Å²) in [5, 5.41) is 14.8. The minimum atomic E-state index is -1.02. The fraction of sp³-hybridized carbons (Fsp3) is 0.179. The molecule has 4 aromatic rings. The van der Waals surface area contributed by atoms with E-state index in [0.717, 1.165) is 32.7 Å². The second-order valence-electron chi connectivity index (χ2n) is 8.80. The largest absolute Gasteiger partial charge is 1.00 e. The van der Waals surface area contributed by atoms with Crippen LogP contribution in [0.4, 0.5) is 10.5 Å². The van der Waals surface area contributed by atoms with Crippen LogP contribution < -0.4 is 40.0 Å². The van der Waals surface area contributed by atoms with Gasteiger partial charge in [0.1, 0.15) is 6.61 Å². The number of aryl methyl sites for hydroxylation is 1. The predicted molar refractivity (Wildman–Crippen MR) is 139 cm³/mol. The number of carboxylic acids is 1. The number of nitrogens with one attached hydrogen (secondary N) is 1. The second kappa shape index (κ2) is 11.4. The van der Waals surface area contributed by atoms with Crippen LogP contribution >= 0.6 is 23.1 Å². The van der Waals surface area contributed by atoms with E-state index < -0.39 is 17.5 Å². The third-order valence-corrected chi connectivity index (χ3v) is 7.72. The summed E-state index contributed by atoms with van der Waals surface area (Å²) in [5.74, 6) is -1.02. The molecule has 0 radical (unpaired) electrons. The van der Waals surface area contributed by atoms with E-state index in [1.54, 1.807) is 0 Å². The van der Waals surface area contributed by atoms with E-state index in [1.165, 1.54) is 11.5 Å². The third-order valence-electron chi connectivity index (χ3n) is 6.42. The molecule has 3 aromatic carbocycles. The number of carbonyl (C=O) groups is 2. The standard InChI is InChI=1S/C28H23ClN2O4S.Na/c1-17-24(30-27(34)35-16-18-5-3-2-4-6-18)25(36-31-17)20-9-12-22(23(29)15-20)19-7-10-21(11-8-19)28(13-14-28)26(32)33;/h2-12,15H,13-14,16H2,1H3,(H,30,34)(H,32,33);/q;+1/p-1. The van der Waals surface area contributed by atoms with E-state index >= 15 is 0 Å². The number of hydrogen-bond donors (Lipinski definition) is 1. The minimum absolute atomic E-state index is 0. The summed E-state index contributed by atoms with van der Waals surface area (Å²) in [4.78, 5) is 24.7. The van der Waals surface area contributed by atoms with Gasteiger partial charge in [-0.1, -0.05) is 78.3 Å². The molecule has 0 aliphatic heterocycles. The number of amides is 1. The Kier molecular flexibility index (Phi) is 8.41. The van der Waals surface area contributed by atoms with Crippen LogP contribution in [-0.2, 0) is 21.6 Å². The van der Waals surface area contributed by atoms with Crippen molar-refractivity contribution < 1.29 is 49.0 Å². The van der Waals surface area contributed by atoms with Crippen molar-refractivity contribution in [3.63, 3.8) is 0 Å². The Morgan fingerprint density at radius 3 is 2.35 bits per heavy atom. The van der Waals surface area contributed by atoms with Gasteiger partial charge in [0.25, 0.3) is 0 Å². The smallest absolute Gasteiger partial charge is 0.549 e. The SMILES string of the molecule is Cc1nsc(-c2ccc(-c3ccc(C4(C(=O)[O-])CC4)cc3)c(Cl)c2)c1NC(=O)OCc1ccccc1.[Na+]. The maximum Gasteiger partial charge on any atom is 1.00 e. The van der Waals surface area contributed by atoms with E-state index in [2.05, 4.69) is 9.69 Å². The summed E-state index contributed by atoms with van der Waals surface area (Å²) < 4.78 is 9.76. The van der Waals surface area contributed by atoms with E-state index in [1.807, 2.05) is 79.7 Å². The number of hydrogen-bond acceptors (Lipinski definition) is 6. The minimum Gasteiger partial charge on any atom is -0.549 e.